The molecule has 118 valence electrons. The maximum Gasteiger partial charge on any atom is 0.261 e. The van der Waals surface area contributed by atoms with Crippen LogP contribution < -0.4 is 5.32 Å². The van der Waals surface area contributed by atoms with E-state index in [1.807, 2.05) is 6.07 Å². The topological polar surface area (TPSA) is 41.6 Å². The van der Waals surface area contributed by atoms with Gasteiger partial charge in [0.05, 0.1) is 18.1 Å². The predicted molar refractivity (Wildman–Crippen MR) is 87.2 cm³/mol. The van der Waals surface area contributed by atoms with Crippen molar-refractivity contribution in [3.05, 3.63) is 21.4 Å². The molecule has 1 N–H and O–H groups in total. The smallest absolute Gasteiger partial charge is 0.261 e. The maximum atomic E-state index is 12.3. The van der Waals surface area contributed by atoms with Gasteiger partial charge in [0.15, 0.2) is 0 Å². The number of nitrogens with zero attached hydrogens (tertiary/aromatic N) is 1. The number of carbonyl (C=O) groups is 1. The third-order valence-corrected chi connectivity index (χ3v) is 5.49. The van der Waals surface area contributed by atoms with Crippen LogP contribution in [0.4, 0.5) is 0 Å². The van der Waals surface area contributed by atoms with Crippen molar-refractivity contribution in [2.75, 3.05) is 32.8 Å². The summed E-state index contributed by atoms with van der Waals surface area (Å²) in [5.41, 5.74) is 1.18. The van der Waals surface area contributed by atoms with Crippen LogP contribution in [0.5, 0.6) is 0 Å². The average Bonchev–Trinajstić information content (AvgIpc) is 2.87. The number of thiophene rings is 1. The summed E-state index contributed by atoms with van der Waals surface area (Å²) in [5, 5.41) is 3.09. The van der Waals surface area contributed by atoms with E-state index in [4.69, 9.17) is 4.74 Å². The molecule has 1 aromatic rings. The number of amides is 1. The van der Waals surface area contributed by atoms with Crippen molar-refractivity contribution in [3.63, 3.8) is 0 Å². The molecule has 1 fully saturated rings. The van der Waals surface area contributed by atoms with Crippen molar-refractivity contribution in [3.8, 4) is 0 Å². The SMILES string of the molecule is CCc1sc(C(=O)NCC(C)(C)N2CCOCC2)cc1C. The fourth-order valence-corrected chi connectivity index (χ4v) is 3.68. The monoisotopic (exact) mass is 310 g/mol. The first-order valence-corrected chi connectivity index (χ1v) is 8.46. The summed E-state index contributed by atoms with van der Waals surface area (Å²) in [6.07, 6.45) is 0.989. The Hall–Kier alpha value is -0.910. The Morgan fingerprint density at radius 2 is 2.10 bits per heavy atom. The largest absolute Gasteiger partial charge is 0.379 e. The molecule has 0 spiro atoms. The van der Waals surface area contributed by atoms with Gasteiger partial charge >= 0.3 is 0 Å². The zero-order valence-corrected chi connectivity index (χ0v) is 14.3. The molecular weight excluding hydrogens is 284 g/mol. The molecule has 0 atom stereocenters. The maximum absolute atomic E-state index is 12.3. The molecule has 0 aliphatic carbocycles. The average molecular weight is 310 g/mol. The van der Waals surface area contributed by atoms with Crippen LogP contribution in [-0.4, -0.2) is 49.2 Å². The Morgan fingerprint density at radius 1 is 1.43 bits per heavy atom. The number of hydrogen-bond acceptors (Lipinski definition) is 4. The second kappa shape index (κ2) is 6.90. The van der Waals surface area contributed by atoms with Crippen LogP contribution in [0.3, 0.4) is 0 Å². The van der Waals surface area contributed by atoms with Gasteiger partial charge in [0.1, 0.15) is 0 Å². The van der Waals surface area contributed by atoms with Gasteiger partial charge in [-0.25, -0.2) is 0 Å². The number of nitrogens with one attached hydrogen (secondary N) is 1. The van der Waals surface area contributed by atoms with Crippen LogP contribution in [0.15, 0.2) is 6.07 Å². The predicted octanol–water partition coefficient (Wildman–Crippen LogP) is 2.46. The lowest BCUT2D eigenvalue weighted by Crippen LogP contribution is -2.55. The number of rotatable bonds is 5. The van der Waals surface area contributed by atoms with Gasteiger partial charge in [-0.1, -0.05) is 6.92 Å². The van der Waals surface area contributed by atoms with E-state index in [1.54, 1.807) is 11.3 Å². The van der Waals surface area contributed by atoms with Gasteiger partial charge in [0.25, 0.3) is 5.91 Å². The molecule has 0 radical (unpaired) electrons. The third-order valence-electron chi connectivity index (χ3n) is 4.11. The molecule has 1 aromatic heterocycles. The summed E-state index contributed by atoms with van der Waals surface area (Å²) in [5.74, 6) is 0.0455. The molecule has 1 aliphatic rings. The van der Waals surface area contributed by atoms with E-state index in [2.05, 4.69) is 37.9 Å². The minimum atomic E-state index is -0.0423. The Labute approximate surface area is 131 Å². The van der Waals surface area contributed by atoms with Crippen molar-refractivity contribution in [2.24, 2.45) is 0 Å². The van der Waals surface area contributed by atoms with Gasteiger partial charge < -0.3 is 10.1 Å². The van der Waals surface area contributed by atoms with Crippen molar-refractivity contribution < 1.29 is 9.53 Å². The summed E-state index contributed by atoms with van der Waals surface area (Å²) < 4.78 is 5.39. The first-order valence-electron chi connectivity index (χ1n) is 7.64. The second-order valence-electron chi connectivity index (χ2n) is 6.16. The molecule has 1 amide bonds. The van der Waals surface area contributed by atoms with E-state index >= 15 is 0 Å². The Kier molecular flexibility index (Phi) is 5.41. The zero-order chi connectivity index (χ0) is 15.5. The van der Waals surface area contributed by atoms with E-state index in [-0.39, 0.29) is 11.4 Å². The van der Waals surface area contributed by atoms with Gasteiger partial charge in [0, 0.05) is 30.1 Å². The van der Waals surface area contributed by atoms with Crippen LogP contribution in [0.1, 0.15) is 40.9 Å². The quantitative estimate of drug-likeness (QED) is 0.908. The first-order chi connectivity index (χ1) is 9.94. The number of hydrogen-bond donors (Lipinski definition) is 1. The van der Waals surface area contributed by atoms with Crippen molar-refractivity contribution in [1.29, 1.82) is 0 Å². The fraction of sp³-hybridized carbons (Fsp3) is 0.688. The number of morpholine rings is 1. The van der Waals surface area contributed by atoms with Crippen LogP contribution in [-0.2, 0) is 11.2 Å². The molecule has 4 nitrogen and oxygen atoms in total. The Balaban J connectivity index is 1.92. The highest BCUT2D eigenvalue weighted by Gasteiger charge is 2.28. The zero-order valence-electron chi connectivity index (χ0n) is 13.5. The Bertz CT molecular complexity index is 490. The fourth-order valence-electron chi connectivity index (χ4n) is 2.65. The molecule has 0 bridgehead atoms. The molecule has 0 unspecified atom stereocenters. The van der Waals surface area contributed by atoms with Gasteiger partial charge in [-0.3, -0.25) is 9.69 Å². The minimum absolute atomic E-state index is 0.0423. The highest BCUT2D eigenvalue weighted by molar-refractivity contribution is 7.14. The van der Waals surface area contributed by atoms with Gasteiger partial charge in [-0.05, 0) is 38.8 Å². The minimum Gasteiger partial charge on any atom is -0.379 e. The molecule has 2 heterocycles. The molecule has 5 heteroatoms. The van der Waals surface area contributed by atoms with Gasteiger partial charge in [-0.15, -0.1) is 11.3 Å². The number of aryl methyl sites for hydroxylation is 2. The van der Waals surface area contributed by atoms with Crippen molar-refractivity contribution in [1.82, 2.24) is 10.2 Å². The van der Waals surface area contributed by atoms with E-state index < -0.39 is 0 Å². The third kappa shape index (κ3) is 4.05. The highest BCUT2D eigenvalue weighted by atomic mass is 32.1. The molecule has 0 saturated carbocycles. The van der Waals surface area contributed by atoms with E-state index in [1.165, 1.54) is 10.4 Å². The Morgan fingerprint density at radius 3 is 2.67 bits per heavy atom. The normalized spacial score (nSPS) is 17.0. The highest BCUT2D eigenvalue weighted by Crippen LogP contribution is 2.22. The lowest BCUT2D eigenvalue weighted by molar-refractivity contribution is -0.00922. The molecule has 2 rings (SSSR count). The van der Waals surface area contributed by atoms with Crippen molar-refractivity contribution in [2.45, 2.75) is 39.7 Å². The van der Waals surface area contributed by atoms with Crippen molar-refractivity contribution >= 4 is 17.2 Å². The summed E-state index contributed by atoms with van der Waals surface area (Å²) >= 11 is 1.61. The van der Waals surface area contributed by atoms with Crippen LogP contribution >= 0.6 is 11.3 Å². The first kappa shape index (κ1) is 16.5. The molecule has 21 heavy (non-hydrogen) atoms. The standard InChI is InChI=1S/C16H26N2O2S/c1-5-13-12(2)10-14(21-13)15(19)17-11-16(3,4)18-6-8-20-9-7-18/h10H,5-9,11H2,1-4H3,(H,17,19). The van der Waals surface area contributed by atoms with Gasteiger partial charge in [0.2, 0.25) is 0 Å². The van der Waals surface area contributed by atoms with Gasteiger partial charge in [-0.2, -0.15) is 0 Å². The number of ether oxygens (including phenoxy) is 1. The summed E-state index contributed by atoms with van der Waals surface area (Å²) in [7, 11) is 0. The molecular formula is C16H26N2O2S. The molecule has 0 aromatic carbocycles. The van der Waals surface area contributed by atoms with Crippen LogP contribution in [0.25, 0.3) is 0 Å². The van der Waals surface area contributed by atoms with E-state index in [0.717, 1.165) is 37.6 Å². The van der Waals surface area contributed by atoms with E-state index in [0.29, 0.717) is 6.54 Å². The summed E-state index contributed by atoms with van der Waals surface area (Å²) in [6, 6.07) is 2.00. The number of carbonyl (C=O) groups excluding carboxylic acids is 1. The summed E-state index contributed by atoms with van der Waals surface area (Å²) in [4.78, 5) is 16.8. The van der Waals surface area contributed by atoms with Crippen LogP contribution in [0, 0.1) is 6.92 Å². The lowest BCUT2D eigenvalue weighted by atomic mass is 10.0. The van der Waals surface area contributed by atoms with Crippen LogP contribution in [0.2, 0.25) is 0 Å². The molecule has 1 saturated heterocycles. The lowest BCUT2D eigenvalue weighted by Gasteiger charge is -2.40. The summed E-state index contributed by atoms with van der Waals surface area (Å²) in [6.45, 7) is 12.6. The molecule has 1 aliphatic heterocycles. The second-order valence-corrected chi connectivity index (χ2v) is 7.30. The van der Waals surface area contributed by atoms with E-state index in [9.17, 15) is 4.79 Å².